The zero-order chi connectivity index (χ0) is 13.3. The molecule has 2 N–H and O–H groups in total. The number of anilines is 1. The third-order valence-electron chi connectivity index (χ3n) is 2.33. The van der Waals surface area contributed by atoms with Crippen molar-refractivity contribution in [1.82, 2.24) is 9.78 Å². The lowest BCUT2D eigenvalue weighted by atomic mass is 10.1. The zero-order valence-corrected chi connectivity index (χ0v) is 10.2. The molecule has 0 saturated carbocycles. The molecule has 0 radical (unpaired) electrons. The predicted octanol–water partition coefficient (Wildman–Crippen LogP) is 3.28. The quantitative estimate of drug-likeness (QED) is 0.854. The van der Waals surface area contributed by atoms with E-state index in [-0.39, 0.29) is 16.7 Å². The Labute approximate surface area is 106 Å². The summed E-state index contributed by atoms with van der Waals surface area (Å²) >= 11 is -0.139. The van der Waals surface area contributed by atoms with Gasteiger partial charge in [-0.2, -0.15) is 18.3 Å². The van der Waals surface area contributed by atoms with Gasteiger partial charge in [-0.15, -0.1) is 0 Å². The molecule has 0 aliphatic heterocycles. The highest BCUT2D eigenvalue weighted by Gasteiger charge is 2.29. The molecule has 0 aliphatic rings. The largest absolute Gasteiger partial charge is 0.446 e. The van der Waals surface area contributed by atoms with Gasteiger partial charge in [-0.1, -0.05) is 12.1 Å². The second kappa shape index (κ2) is 4.56. The van der Waals surface area contributed by atoms with E-state index in [4.69, 9.17) is 5.73 Å². The number of nitrogens with zero attached hydrogens (tertiary/aromatic N) is 2. The molecule has 0 saturated heterocycles. The third-order valence-corrected chi connectivity index (χ3v) is 3.07. The lowest BCUT2D eigenvalue weighted by Crippen LogP contribution is -1.99. The molecule has 18 heavy (non-hydrogen) atoms. The number of hydrogen-bond acceptors (Lipinski definition) is 3. The first-order chi connectivity index (χ1) is 8.37. The number of aromatic nitrogens is 2. The van der Waals surface area contributed by atoms with Gasteiger partial charge >= 0.3 is 5.51 Å². The van der Waals surface area contributed by atoms with Gasteiger partial charge < -0.3 is 5.73 Å². The number of rotatable bonds is 2. The molecule has 0 bridgehead atoms. The molecule has 0 unspecified atom stereocenters. The summed E-state index contributed by atoms with van der Waals surface area (Å²) in [6.45, 7) is 0. The van der Waals surface area contributed by atoms with Gasteiger partial charge in [0.05, 0.1) is 17.6 Å². The fraction of sp³-hybridized carbons (Fsp3) is 0.182. The topological polar surface area (TPSA) is 43.8 Å². The molecule has 0 amide bonds. The first-order valence-electron chi connectivity index (χ1n) is 5.00. The standard InChI is InChI=1S/C11H10F3N3S/c1-17-10(9(15)6-16-17)7-2-4-8(5-3-7)18-11(12,13)14/h2-6H,15H2,1H3. The minimum atomic E-state index is -4.27. The number of nitrogens with two attached hydrogens (primary N) is 1. The van der Waals surface area contributed by atoms with Crippen LogP contribution >= 0.6 is 11.8 Å². The Kier molecular flexibility index (Phi) is 3.25. The van der Waals surface area contributed by atoms with Crippen molar-refractivity contribution in [1.29, 1.82) is 0 Å². The maximum absolute atomic E-state index is 12.2. The van der Waals surface area contributed by atoms with Crippen molar-refractivity contribution in [2.75, 3.05) is 5.73 Å². The van der Waals surface area contributed by atoms with E-state index in [0.717, 1.165) is 5.56 Å². The molecule has 0 atom stereocenters. The van der Waals surface area contributed by atoms with E-state index in [1.54, 1.807) is 23.9 Å². The minimum Gasteiger partial charge on any atom is -0.396 e. The Morgan fingerprint density at radius 2 is 1.83 bits per heavy atom. The van der Waals surface area contributed by atoms with Crippen molar-refractivity contribution in [2.45, 2.75) is 10.4 Å². The van der Waals surface area contributed by atoms with Crippen LogP contribution in [0.25, 0.3) is 11.3 Å². The maximum Gasteiger partial charge on any atom is 0.446 e. The highest BCUT2D eigenvalue weighted by Crippen LogP contribution is 2.37. The van der Waals surface area contributed by atoms with Crippen LogP contribution < -0.4 is 5.73 Å². The van der Waals surface area contributed by atoms with Crippen molar-refractivity contribution >= 4 is 17.4 Å². The van der Waals surface area contributed by atoms with E-state index in [2.05, 4.69) is 5.10 Å². The number of aryl methyl sites for hydroxylation is 1. The molecule has 0 spiro atoms. The van der Waals surface area contributed by atoms with Crippen LogP contribution in [-0.4, -0.2) is 15.3 Å². The van der Waals surface area contributed by atoms with E-state index < -0.39 is 5.51 Å². The molecule has 3 nitrogen and oxygen atoms in total. The predicted molar refractivity (Wildman–Crippen MR) is 65.0 cm³/mol. The lowest BCUT2D eigenvalue weighted by molar-refractivity contribution is -0.0328. The van der Waals surface area contributed by atoms with Gasteiger partial charge in [0.2, 0.25) is 0 Å². The van der Waals surface area contributed by atoms with Gasteiger partial charge in [0, 0.05) is 17.5 Å². The van der Waals surface area contributed by atoms with E-state index in [9.17, 15) is 13.2 Å². The smallest absolute Gasteiger partial charge is 0.396 e. The maximum atomic E-state index is 12.2. The van der Waals surface area contributed by atoms with Crippen LogP contribution in [0.2, 0.25) is 0 Å². The van der Waals surface area contributed by atoms with Crippen molar-refractivity contribution in [3.8, 4) is 11.3 Å². The van der Waals surface area contributed by atoms with Gasteiger partial charge in [0.1, 0.15) is 0 Å². The molecule has 0 aliphatic carbocycles. The van der Waals surface area contributed by atoms with Crippen LogP contribution in [0, 0.1) is 0 Å². The fourth-order valence-corrected chi connectivity index (χ4v) is 2.16. The molecular weight excluding hydrogens is 263 g/mol. The van der Waals surface area contributed by atoms with Crippen LogP contribution in [0.5, 0.6) is 0 Å². The Bertz CT molecular complexity index is 526. The summed E-state index contributed by atoms with van der Waals surface area (Å²) in [5, 5.41) is 3.98. The van der Waals surface area contributed by atoms with Crippen LogP contribution in [0.15, 0.2) is 35.4 Å². The van der Waals surface area contributed by atoms with Crippen molar-refractivity contribution < 1.29 is 13.2 Å². The van der Waals surface area contributed by atoms with Crippen LogP contribution in [0.4, 0.5) is 18.9 Å². The van der Waals surface area contributed by atoms with Crippen LogP contribution in [0.3, 0.4) is 0 Å². The van der Waals surface area contributed by atoms with Gasteiger partial charge in [0.15, 0.2) is 0 Å². The van der Waals surface area contributed by atoms with E-state index in [0.29, 0.717) is 11.4 Å². The SMILES string of the molecule is Cn1ncc(N)c1-c1ccc(SC(F)(F)F)cc1. The van der Waals surface area contributed by atoms with Crippen LogP contribution in [-0.2, 0) is 7.05 Å². The number of hydrogen-bond donors (Lipinski definition) is 1. The Balaban J connectivity index is 2.28. The second-order valence-corrected chi connectivity index (χ2v) is 4.78. The molecule has 1 aromatic heterocycles. The summed E-state index contributed by atoms with van der Waals surface area (Å²) < 4.78 is 38.1. The highest BCUT2D eigenvalue weighted by molar-refractivity contribution is 8.00. The number of alkyl halides is 3. The highest BCUT2D eigenvalue weighted by atomic mass is 32.2. The van der Waals surface area contributed by atoms with Gasteiger partial charge in [-0.3, -0.25) is 4.68 Å². The summed E-state index contributed by atoms with van der Waals surface area (Å²) in [5.74, 6) is 0. The van der Waals surface area contributed by atoms with Gasteiger partial charge in [-0.05, 0) is 23.9 Å². The van der Waals surface area contributed by atoms with Crippen molar-refractivity contribution in [2.24, 2.45) is 7.05 Å². The summed E-state index contributed by atoms with van der Waals surface area (Å²) in [4.78, 5) is 0.145. The van der Waals surface area contributed by atoms with Crippen molar-refractivity contribution in [3.05, 3.63) is 30.5 Å². The first-order valence-corrected chi connectivity index (χ1v) is 5.82. The van der Waals surface area contributed by atoms with Gasteiger partial charge in [0.25, 0.3) is 0 Å². The molecule has 2 aromatic rings. The minimum absolute atomic E-state index is 0.139. The normalized spacial score (nSPS) is 11.8. The summed E-state index contributed by atoms with van der Waals surface area (Å²) in [6.07, 6.45) is 1.51. The van der Waals surface area contributed by atoms with Gasteiger partial charge in [-0.25, -0.2) is 0 Å². The molecular formula is C11H10F3N3S. The van der Waals surface area contributed by atoms with Crippen molar-refractivity contribution in [3.63, 3.8) is 0 Å². The molecule has 96 valence electrons. The number of halogens is 3. The third kappa shape index (κ3) is 2.79. The molecule has 1 aromatic carbocycles. The van der Waals surface area contributed by atoms with E-state index in [1.807, 2.05) is 0 Å². The average Bonchev–Trinajstić information content (AvgIpc) is 2.58. The molecule has 0 fully saturated rings. The molecule has 2 rings (SSSR count). The summed E-state index contributed by atoms with van der Waals surface area (Å²) in [7, 11) is 1.73. The van der Waals surface area contributed by atoms with E-state index >= 15 is 0 Å². The summed E-state index contributed by atoms with van der Waals surface area (Å²) in [5.41, 5.74) is 3.40. The Morgan fingerprint density at radius 1 is 1.22 bits per heavy atom. The Hall–Kier alpha value is -1.63. The summed E-state index contributed by atoms with van der Waals surface area (Å²) in [6, 6.07) is 6.03. The van der Waals surface area contributed by atoms with Crippen LogP contribution in [0.1, 0.15) is 0 Å². The first kappa shape index (κ1) is 12.8. The Morgan fingerprint density at radius 3 is 2.28 bits per heavy atom. The number of nitrogen functional groups attached to an aromatic ring is 1. The molecule has 7 heteroatoms. The molecule has 1 heterocycles. The second-order valence-electron chi connectivity index (χ2n) is 3.64. The number of benzene rings is 1. The number of thioether (sulfide) groups is 1. The fourth-order valence-electron chi connectivity index (χ4n) is 1.62. The lowest BCUT2D eigenvalue weighted by Gasteiger charge is -2.07. The average molecular weight is 273 g/mol. The van der Waals surface area contributed by atoms with E-state index in [1.165, 1.54) is 18.3 Å². The monoisotopic (exact) mass is 273 g/mol. The zero-order valence-electron chi connectivity index (χ0n) is 9.40.